The van der Waals surface area contributed by atoms with E-state index in [9.17, 15) is 14.9 Å². The maximum atomic E-state index is 12.6. The van der Waals surface area contributed by atoms with Gasteiger partial charge in [0.1, 0.15) is 0 Å². The number of carbonyl (C=O) groups is 1. The van der Waals surface area contributed by atoms with E-state index in [0.717, 1.165) is 5.69 Å². The zero-order chi connectivity index (χ0) is 18.7. The van der Waals surface area contributed by atoms with Gasteiger partial charge in [-0.15, -0.1) is 11.7 Å². The number of nitrogens with zero attached hydrogens (tertiary/aromatic N) is 4. The molecule has 0 radical (unpaired) electrons. The van der Waals surface area contributed by atoms with E-state index in [1.807, 2.05) is 18.2 Å². The van der Waals surface area contributed by atoms with Crippen molar-refractivity contribution < 1.29 is 9.72 Å². The van der Waals surface area contributed by atoms with Gasteiger partial charge >= 0.3 is 0 Å². The van der Waals surface area contributed by atoms with E-state index >= 15 is 0 Å². The molecular weight excluding hydrogens is 332 g/mol. The number of carbonyl (C=O) groups excluding carboxylic acids is 1. The largest absolute Gasteiger partial charge is 0.302 e. The fourth-order valence-electron chi connectivity index (χ4n) is 2.73. The van der Waals surface area contributed by atoms with Gasteiger partial charge in [-0.25, -0.2) is 0 Å². The third-order valence-corrected chi connectivity index (χ3v) is 4.00. The van der Waals surface area contributed by atoms with E-state index < -0.39 is 4.92 Å². The maximum absolute atomic E-state index is 12.6. The van der Waals surface area contributed by atoms with Crippen LogP contribution in [0.5, 0.6) is 0 Å². The Morgan fingerprint density at radius 2 is 2.04 bits per heavy atom. The van der Waals surface area contributed by atoms with Crippen molar-refractivity contribution in [3.05, 3.63) is 81.9 Å². The predicted octanol–water partition coefficient (Wildman–Crippen LogP) is 3.26. The van der Waals surface area contributed by atoms with Crippen LogP contribution >= 0.6 is 0 Å². The molecule has 130 valence electrons. The van der Waals surface area contributed by atoms with Gasteiger partial charge in [-0.2, -0.15) is 5.10 Å². The Hall–Kier alpha value is -3.61. The molecule has 7 nitrogen and oxygen atoms in total. The number of para-hydroxylation sites is 1. The Labute approximate surface area is 150 Å². The molecule has 0 bridgehead atoms. The van der Waals surface area contributed by atoms with Crippen molar-refractivity contribution in [3.8, 4) is 0 Å². The molecule has 0 spiro atoms. The minimum Gasteiger partial charge on any atom is -0.302 e. The molecule has 0 atom stereocenters. The molecule has 1 aliphatic rings. The summed E-state index contributed by atoms with van der Waals surface area (Å²) in [6.45, 7) is 5.72. The first-order chi connectivity index (χ1) is 12.5. The molecule has 1 heterocycles. The molecule has 7 heteroatoms. The second kappa shape index (κ2) is 7.10. The SMILES string of the molecule is C=CCN1C(=O)/C(=N\N=C/c2ccc(C)c([N+](=O)[O-])c2)c2ccccc21. The number of aryl methyl sites for hydroxylation is 1. The normalized spacial score (nSPS) is 14.9. The fourth-order valence-corrected chi connectivity index (χ4v) is 2.73. The summed E-state index contributed by atoms with van der Waals surface area (Å²) in [7, 11) is 0. The van der Waals surface area contributed by atoms with Gasteiger partial charge < -0.3 is 4.90 Å². The summed E-state index contributed by atoms with van der Waals surface area (Å²) >= 11 is 0. The molecule has 0 unspecified atom stereocenters. The van der Waals surface area contributed by atoms with Crippen molar-refractivity contribution in [3.63, 3.8) is 0 Å². The molecule has 26 heavy (non-hydrogen) atoms. The van der Waals surface area contributed by atoms with Crippen LogP contribution in [-0.2, 0) is 4.79 Å². The molecule has 0 aromatic heterocycles. The number of amides is 1. The number of nitro groups is 1. The summed E-state index contributed by atoms with van der Waals surface area (Å²) in [4.78, 5) is 24.7. The number of rotatable bonds is 5. The standard InChI is InChI=1S/C19H16N4O3/c1-3-10-22-16-7-5-4-6-15(16)18(19(22)24)21-20-12-14-9-8-13(2)17(11-14)23(25)26/h3-9,11-12H,1,10H2,2H3/b20-12-,21-18-. The molecule has 0 N–H and O–H groups in total. The first-order valence-corrected chi connectivity index (χ1v) is 7.91. The molecule has 1 aliphatic heterocycles. The highest BCUT2D eigenvalue weighted by atomic mass is 16.6. The summed E-state index contributed by atoms with van der Waals surface area (Å²) < 4.78 is 0. The second-order valence-corrected chi connectivity index (χ2v) is 5.72. The van der Waals surface area contributed by atoms with Gasteiger partial charge in [0.2, 0.25) is 0 Å². The number of benzene rings is 2. The lowest BCUT2D eigenvalue weighted by atomic mass is 10.1. The number of anilines is 1. The van der Waals surface area contributed by atoms with Crippen molar-refractivity contribution in [2.45, 2.75) is 6.92 Å². The third-order valence-electron chi connectivity index (χ3n) is 4.00. The molecule has 0 aliphatic carbocycles. The molecule has 0 fully saturated rings. The van der Waals surface area contributed by atoms with Crippen LogP contribution in [0, 0.1) is 17.0 Å². The summed E-state index contributed by atoms with van der Waals surface area (Å²) in [5.74, 6) is -0.252. The van der Waals surface area contributed by atoms with Gasteiger partial charge in [0.15, 0.2) is 5.71 Å². The first kappa shape index (κ1) is 17.2. The molecule has 0 saturated heterocycles. The number of hydrogen-bond donors (Lipinski definition) is 0. The third kappa shape index (κ3) is 3.14. The van der Waals surface area contributed by atoms with Gasteiger partial charge in [0.25, 0.3) is 11.6 Å². The average molecular weight is 348 g/mol. The number of hydrogen-bond acceptors (Lipinski definition) is 5. The van der Waals surface area contributed by atoms with Gasteiger partial charge in [0, 0.05) is 29.3 Å². The predicted molar refractivity (Wildman–Crippen MR) is 101 cm³/mol. The summed E-state index contributed by atoms with van der Waals surface area (Å²) in [5.41, 5.74) is 2.82. The van der Waals surface area contributed by atoms with Crippen LogP contribution in [0.25, 0.3) is 0 Å². The molecule has 0 saturated carbocycles. The van der Waals surface area contributed by atoms with Crippen LogP contribution in [0.4, 0.5) is 11.4 Å². The summed E-state index contributed by atoms with van der Waals surface area (Å²) in [6.07, 6.45) is 3.04. The zero-order valence-electron chi connectivity index (χ0n) is 14.1. The Morgan fingerprint density at radius 3 is 2.77 bits per heavy atom. The number of nitro benzene ring substituents is 1. The molecule has 3 rings (SSSR count). The Balaban J connectivity index is 1.92. The summed E-state index contributed by atoms with van der Waals surface area (Å²) in [5, 5.41) is 19.0. The molecule has 2 aromatic rings. The van der Waals surface area contributed by atoms with Crippen LogP contribution in [0.1, 0.15) is 16.7 Å². The Kier molecular flexibility index (Phi) is 4.70. The van der Waals surface area contributed by atoms with Crippen molar-refractivity contribution in [2.24, 2.45) is 10.2 Å². The fraction of sp³-hybridized carbons (Fsp3) is 0.105. The lowest BCUT2D eigenvalue weighted by molar-refractivity contribution is -0.385. The van der Waals surface area contributed by atoms with E-state index in [1.54, 1.807) is 36.1 Å². The monoisotopic (exact) mass is 348 g/mol. The van der Waals surface area contributed by atoms with Crippen LogP contribution in [0.3, 0.4) is 0 Å². The van der Waals surface area contributed by atoms with E-state index in [2.05, 4.69) is 16.8 Å². The topological polar surface area (TPSA) is 88.2 Å². The molecular formula is C19H16N4O3. The van der Waals surface area contributed by atoms with E-state index in [1.165, 1.54) is 12.3 Å². The smallest absolute Gasteiger partial charge is 0.279 e. The Bertz CT molecular complexity index is 963. The number of fused-ring (bicyclic) bond motifs is 1. The van der Waals surface area contributed by atoms with Crippen LogP contribution in [-0.4, -0.2) is 29.3 Å². The average Bonchev–Trinajstić information content (AvgIpc) is 2.89. The van der Waals surface area contributed by atoms with Crippen molar-refractivity contribution in [2.75, 3.05) is 11.4 Å². The minimum atomic E-state index is -0.442. The first-order valence-electron chi connectivity index (χ1n) is 7.91. The van der Waals surface area contributed by atoms with E-state index in [-0.39, 0.29) is 17.3 Å². The van der Waals surface area contributed by atoms with Gasteiger partial charge in [-0.1, -0.05) is 36.4 Å². The van der Waals surface area contributed by atoms with Crippen LogP contribution in [0.2, 0.25) is 0 Å². The molecule has 2 aromatic carbocycles. The second-order valence-electron chi connectivity index (χ2n) is 5.72. The minimum absolute atomic E-state index is 0.0149. The van der Waals surface area contributed by atoms with Crippen molar-refractivity contribution in [1.29, 1.82) is 0 Å². The summed E-state index contributed by atoms with van der Waals surface area (Å²) in [6, 6.07) is 12.1. The van der Waals surface area contributed by atoms with Crippen LogP contribution < -0.4 is 4.90 Å². The molecule has 1 amide bonds. The quantitative estimate of drug-likeness (QED) is 0.359. The van der Waals surface area contributed by atoms with E-state index in [4.69, 9.17) is 0 Å². The lowest BCUT2D eigenvalue weighted by Gasteiger charge is -2.13. The van der Waals surface area contributed by atoms with Crippen molar-refractivity contribution in [1.82, 2.24) is 0 Å². The van der Waals surface area contributed by atoms with Gasteiger partial charge in [-0.3, -0.25) is 14.9 Å². The van der Waals surface area contributed by atoms with Crippen LogP contribution in [0.15, 0.2) is 65.3 Å². The maximum Gasteiger partial charge on any atom is 0.279 e. The zero-order valence-corrected chi connectivity index (χ0v) is 14.1. The highest BCUT2D eigenvalue weighted by molar-refractivity contribution is 6.54. The van der Waals surface area contributed by atoms with Crippen molar-refractivity contribution >= 4 is 29.2 Å². The highest BCUT2D eigenvalue weighted by Gasteiger charge is 2.32. The Morgan fingerprint density at radius 1 is 1.27 bits per heavy atom. The highest BCUT2D eigenvalue weighted by Crippen LogP contribution is 2.29. The van der Waals surface area contributed by atoms with Gasteiger partial charge in [-0.05, 0) is 13.0 Å². The lowest BCUT2D eigenvalue weighted by Crippen LogP contribution is -2.30. The van der Waals surface area contributed by atoms with E-state index in [0.29, 0.717) is 23.2 Å². The van der Waals surface area contributed by atoms with Gasteiger partial charge in [0.05, 0.1) is 16.8 Å².